The van der Waals surface area contributed by atoms with Gasteiger partial charge in [0.05, 0.1) is 0 Å². The van der Waals surface area contributed by atoms with E-state index in [1.165, 1.54) is 12.8 Å². The molecule has 116 valence electrons. The van der Waals surface area contributed by atoms with Crippen LogP contribution in [0.1, 0.15) is 37.8 Å². The first-order valence-corrected chi connectivity index (χ1v) is 8.18. The monoisotopic (exact) mass is 291 g/mol. The highest BCUT2D eigenvalue weighted by molar-refractivity contribution is 5.22. The van der Waals surface area contributed by atoms with Crippen LogP contribution in [0, 0.1) is 5.82 Å². The summed E-state index contributed by atoms with van der Waals surface area (Å²) < 4.78 is 13.2. The van der Waals surface area contributed by atoms with E-state index in [2.05, 4.69) is 16.7 Å². The zero-order valence-electron chi connectivity index (χ0n) is 12.8. The van der Waals surface area contributed by atoms with Crippen molar-refractivity contribution in [2.45, 2.75) is 44.3 Å². The molecule has 1 aromatic carbocycles. The third-order valence-electron chi connectivity index (χ3n) is 4.89. The van der Waals surface area contributed by atoms with Gasteiger partial charge in [0.2, 0.25) is 0 Å². The fourth-order valence-electron chi connectivity index (χ4n) is 3.43. The van der Waals surface area contributed by atoms with Gasteiger partial charge in [-0.25, -0.2) is 4.39 Å². The smallest absolute Gasteiger partial charge is 0.123 e. The molecule has 3 nitrogen and oxygen atoms in total. The number of nitrogens with zero attached hydrogens (tertiary/aromatic N) is 2. The van der Waals surface area contributed by atoms with Gasteiger partial charge in [0.25, 0.3) is 0 Å². The summed E-state index contributed by atoms with van der Waals surface area (Å²) in [5, 5.41) is 0. The van der Waals surface area contributed by atoms with Crippen molar-refractivity contribution in [1.29, 1.82) is 0 Å². The first-order chi connectivity index (χ1) is 10.2. The fraction of sp³-hybridized carbons (Fsp3) is 0.647. The van der Waals surface area contributed by atoms with Gasteiger partial charge >= 0.3 is 0 Å². The minimum absolute atomic E-state index is 0.0999. The predicted octanol–water partition coefficient (Wildman–Crippen LogP) is 2.38. The summed E-state index contributed by atoms with van der Waals surface area (Å²) in [6, 6.07) is 8.03. The predicted molar refractivity (Wildman–Crippen MR) is 83.6 cm³/mol. The van der Waals surface area contributed by atoms with E-state index in [4.69, 9.17) is 5.73 Å². The Balaban J connectivity index is 1.71. The lowest BCUT2D eigenvalue weighted by molar-refractivity contribution is 0.0795. The number of rotatable bonds is 5. The summed E-state index contributed by atoms with van der Waals surface area (Å²) >= 11 is 0. The summed E-state index contributed by atoms with van der Waals surface area (Å²) in [6.07, 6.45) is 3.68. The quantitative estimate of drug-likeness (QED) is 0.904. The molecule has 0 aromatic heterocycles. The molecule has 1 aliphatic carbocycles. The van der Waals surface area contributed by atoms with E-state index in [9.17, 15) is 4.39 Å². The van der Waals surface area contributed by atoms with E-state index in [-0.39, 0.29) is 17.9 Å². The molecule has 1 aromatic rings. The third-order valence-corrected chi connectivity index (χ3v) is 4.89. The van der Waals surface area contributed by atoms with Crippen LogP contribution in [-0.4, -0.2) is 48.1 Å². The van der Waals surface area contributed by atoms with Gasteiger partial charge in [-0.3, -0.25) is 9.80 Å². The molecular weight excluding hydrogens is 265 g/mol. The maximum Gasteiger partial charge on any atom is 0.123 e. The molecule has 1 saturated carbocycles. The molecule has 1 aliphatic heterocycles. The van der Waals surface area contributed by atoms with Crippen LogP contribution in [0.3, 0.4) is 0 Å². The van der Waals surface area contributed by atoms with Crippen LogP contribution in [0.2, 0.25) is 0 Å². The van der Waals surface area contributed by atoms with Crippen molar-refractivity contribution >= 4 is 0 Å². The number of hydrogen-bond acceptors (Lipinski definition) is 3. The van der Waals surface area contributed by atoms with Crippen LogP contribution in [0.25, 0.3) is 0 Å². The Bertz CT molecular complexity index is 450. The molecule has 3 rings (SSSR count). The highest BCUT2D eigenvalue weighted by Gasteiger charge is 2.34. The number of halogens is 1. The largest absolute Gasteiger partial charge is 0.326 e. The van der Waals surface area contributed by atoms with Gasteiger partial charge in [0.1, 0.15) is 5.82 Å². The Labute approximate surface area is 126 Å². The lowest BCUT2D eigenvalue weighted by Crippen LogP contribution is -2.51. The Morgan fingerprint density at radius 1 is 1.14 bits per heavy atom. The van der Waals surface area contributed by atoms with Crippen molar-refractivity contribution < 1.29 is 4.39 Å². The fourth-order valence-corrected chi connectivity index (χ4v) is 3.43. The normalized spacial score (nSPS) is 24.0. The highest BCUT2D eigenvalue weighted by atomic mass is 19.1. The molecule has 2 N–H and O–H groups in total. The Kier molecular flexibility index (Phi) is 4.57. The average molecular weight is 291 g/mol. The lowest BCUT2D eigenvalue weighted by atomic mass is 9.95. The molecular formula is C17H26FN3. The summed E-state index contributed by atoms with van der Waals surface area (Å²) in [4.78, 5) is 5.09. The molecule has 4 heteroatoms. The molecule has 0 amide bonds. The Morgan fingerprint density at radius 2 is 1.76 bits per heavy atom. The van der Waals surface area contributed by atoms with Crippen molar-refractivity contribution in [3.63, 3.8) is 0 Å². The van der Waals surface area contributed by atoms with E-state index >= 15 is 0 Å². The Hall–Kier alpha value is -0.970. The summed E-state index contributed by atoms with van der Waals surface area (Å²) in [7, 11) is 0. The summed E-state index contributed by atoms with van der Waals surface area (Å²) in [5.41, 5.74) is 7.52. The number of benzene rings is 1. The van der Waals surface area contributed by atoms with Crippen molar-refractivity contribution in [2.75, 3.05) is 26.2 Å². The average Bonchev–Trinajstić information content (AvgIpc) is 3.35. The van der Waals surface area contributed by atoms with Crippen molar-refractivity contribution in [2.24, 2.45) is 5.73 Å². The molecule has 1 heterocycles. The topological polar surface area (TPSA) is 32.5 Å². The standard InChI is InChI=1S/C17H26FN3/c1-2-16(19)17(13-3-5-14(18)6-4-13)21-11-9-20(10-12-21)15-7-8-15/h3-6,15-17H,2,7-12,19H2,1H3. The van der Waals surface area contributed by atoms with Crippen LogP contribution in [0.5, 0.6) is 0 Å². The third kappa shape index (κ3) is 3.44. The molecule has 0 spiro atoms. The highest BCUT2D eigenvalue weighted by Crippen LogP contribution is 2.31. The maximum atomic E-state index is 13.2. The van der Waals surface area contributed by atoms with Crippen LogP contribution >= 0.6 is 0 Å². The molecule has 21 heavy (non-hydrogen) atoms. The molecule has 2 fully saturated rings. The molecule has 2 aliphatic rings. The van der Waals surface area contributed by atoms with E-state index in [1.54, 1.807) is 12.1 Å². The van der Waals surface area contributed by atoms with E-state index in [0.29, 0.717) is 0 Å². The number of nitrogens with two attached hydrogens (primary N) is 1. The van der Waals surface area contributed by atoms with Gasteiger partial charge < -0.3 is 5.73 Å². The maximum absolute atomic E-state index is 13.2. The first-order valence-electron chi connectivity index (χ1n) is 8.18. The summed E-state index contributed by atoms with van der Waals surface area (Å²) in [5.74, 6) is -0.180. The van der Waals surface area contributed by atoms with Crippen molar-refractivity contribution in [3.8, 4) is 0 Å². The van der Waals surface area contributed by atoms with Crippen LogP contribution in [0.15, 0.2) is 24.3 Å². The molecule has 0 bridgehead atoms. The van der Waals surface area contributed by atoms with Crippen LogP contribution in [-0.2, 0) is 0 Å². The molecule has 2 unspecified atom stereocenters. The molecule has 0 radical (unpaired) electrons. The SMILES string of the molecule is CCC(N)C(c1ccc(F)cc1)N1CCN(C2CC2)CC1. The zero-order chi connectivity index (χ0) is 14.8. The summed E-state index contributed by atoms with van der Waals surface area (Å²) in [6.45, 7) is 6.53. The van der Waals surface area contributed by atoms with Crippen LogP contribution < -0.4 is 5.73 Å². The number of piperazine rings is 1. The minimum Gasteiger partial charge on any atom is -0.326 e. The lowest BCUT2D eigenvalue weighted by Gasteiger charge is -2.41. The van der Waals surface area contributed by atoms with Gasteiger partial charge in [0, 0.05) is 44.3 Å². The number of hydrogen-bond donors (Lipinski definition) is 1. The van der Waals surface area contributed by atoms with E-state index in [0.717, 1.165) is 44.2 Å². The van der Waals surface area contributed by atoms with E-state index < -0.39 is 0 Å². The second-order valence-electron chi connectivity index (χ2n) is 6.37. The van der Waals surface area contributed by atoms with Gasteiger partial charge in [-0.1, -0.05) is 19.1 Å². The second kappa shape index (κ2) is 6.42. The van der Waals surface area contributed by atoms with Crippen molar-refractivity contribution in [3.05, 3.63) is 35.6 Å². The Morgan fingerprint density at radius 3 is 2.29 bits per heavy atom. The molecule has 1 saturated heterocycles. The van der Waals surface area contributed by atoms with Gasteiger partial charge in [0.15, 0.2) is 0 Å². The van der Waals surface area contributed by atoms with Crippen molar-refractivity contribution in [1.82, 2.24) is 9.80 Å². The van der Waals surface area contributed by atoms with Gasteiger partial charge in [-0.2, -0.15) is 0 Å². The van der Waals surface area contributed by atoms with E-state index in [1.807, 2.05) is 12.1 Å². The van der Waals surface area contributed by atoms with Gasteiger partial charge in [-0.15, -0.1) is 0 Å². The minimum atomic E-state index is -0.180. The van der Waals surface area contributed by atoms with Crippen LogP contribution in [0.4, 0.5) is 4.39 Å². The van der Waals surface area contributed by atoms with Gasteiger partial charge in [-0.05, 0) is 37.0 Å². The molecule has 2 atom stereocenters. The first kappa shape index (κ1) is 14.9. The second-order valence-corrected chi connectivity index (χ2v) is 6.37. The zero-order valence-corrected chi connectivity index (χ0v) is 12.8.